The molecule has 0 saturated heterocycles. The maximum atomic E-state index is 2.34. The first kappa shape index (κ1) is 32.9. The molecule has 6 rings (SSSR count). The van der Waals surface area contributed by atoms with E-state index in [0.29, 0.717) is 0 Å². The van der Waals surface area contributed by atoms with Gasteiger partial charge in [0.25, 0.3) is 0 Å². The number of rotatable bonds is 7. The van der Waals surface area contributed by atoms with Crippen molar-refractivity contribution in [2.75, 3.05) is 9.80 Å². The molecule has 0 spiro atoms. The van der Waals surface area contributed by atoms with Gasteiger partial charge in [-0.3, -0.25) is 0 Å². The Morgan fingerprint density at radius 2 is 0.604 bits per heavy atom. The number of hydrogen-bond donors (Lipinski definition) is 0. The van der Waals surface area contributed by atoms with Crippen LogP contribution in [-0.2, 0) is 10.8 Å². The van der Waals surface area contributed by atoms with Crippen LogP contribution in [0.25, 0.3) is 11.1 Å². The van der Waals surface area contributed by atoms with Crippen molar-refractivity contribution in [3.63, 3.8) is 0 Å². The van der Waals surface area contributed by atoms with Crippen LogP contribution in [0.3, 0.4) is 0 Å². The predicted octanol–water partition coefficient (Wildman–Crippen LogP) is 11.5. The molecule has 0 saturated carbocycles. The molecule has 0 bridgehead atoms. The van der Waals surface area contributed by atoms with E-state index in [1.165, 1.54) is 33.3 Å². The number of anilines is 6. The zero-order chi connectivity index (χ0) is 34.1. The topological polar surface area (TPSA) is 6.48 Å². The van der Waals surface area contributed by atoms with Crippen molar-refractivity contribution in [1.29, 1.82) is 0 Å². The standard InChI is InChI=1S/C45H47BN2/c1-32-8-20-38(21-9-32)47(41-26-14-35(15-27-41)44(2,3)4)39-22-10-33(11-23-39)34-12-24-40(25-13-34)48(43-30-18-37(46)19-31-43)42-28-16-36(17-29-42)45(5,6)7/h8-31H,46H2,1-7H3. The maximum absolute atomic E-state index is 2.34. The minimum Gasteiger partial charge on any atom is -0.311 e. The highest BCUT2D eigenvalue weighted by atomic mass is 15.1. The number of nitrogens with zero attached hydrogens (tertiary/aromatic N) is 2. The fourth-order valence-corrected chi connectivity index (χ4v) is 6.11. The third kappa shape index (κ3) is 7.26. The fraction of sp³-hybridized carbons (Fsp3) is 0.200. The van der Waals surface area contributed by atoms with Gasteiger partial charge in [0.15, 0.2) is 0 Å². The first-order valence-electron chi connectivity index (χ1n) is 17.0. The van der Waals surface area contributed by atoms with Gasteiger partial charge in [-0.2, -0.15) is 0 Å². The second-order valence-electron chi connectivity index (χ2n) is 15.0. The average Bonchev–Trinajstić information content (AvgIpc) is 3.07. The van der Waals surface area contributed by atoms with Gasteiger partial charge in [-0.25, -0.2) is 0 Å². The Kier molecular flexibility index (Phi) is 9.08. The molecule has 0 radical (unpaired) electrons. The molecule has 240 valence electrons. The third-order valence-electron chi connectivity index (χ3n) is 9.15. The van der Waals surface area contributed by atoms with E-state index in [-0.39, 0.29) is 10.8 Å². The van der Waals surface area contributed by atoms with Crippen LogP contribution >= 0.6 is 0 Å². The molecule has 3 heteroatoms. The Morgan fingerprint density at radius 3 is 0.896 bits per heavy atom. The molecule has 0 heterocycles. The lowest BCUT2D eigenvalue weighted by Crippen LogP contribution is -2.13. The van der Waals surface area contributed by atoms with Gasteiger partial charge in [0.1, 0.15) is 7.85 Å². The third-order valence-corrected chi connectivity index (χ3v) is 9.15. The summed E-state index contributed by atoms with van der Waals surface area (Å²) in [7, 11) is 2.13. The molecule has 0 fully saturated rings. The smallest absolute Gasteiger partial charge is 0.139 e. The van der Waals surface area contributed by atoms with Gasteiger partial charge in [-0.15, -0.1) is 0 Å². The van der Waals surface area contributed by atoms with Crippen molar-refractivity contribution in [3.8, 4) is 11.1 Å². The molecule has 0 amide bonds. The molecule has 0 aliphatic heterocycles. The fourth-order valence-electron chi connectivity index (χ4n) is 6.11. The van der Waals surface area contributed by atoms with Crippen LogP contribution in [-0.4, -0.2) is 7.85 Å². The van der Waals surface area contributed by atoms with E-state index in [9.17, 15) is 0 Å². The van der Waals surface area contributed by atoms with Gasteiger partial charge in [-0.05, 0) is 113 Å². The lowest BCUT2D eigenvalue weighted by molar-refractivity contribution is 0.590. The van der Waals surface area contributed by atoms with E-state index >= 15 is 0 Å². The molecule has 0 atom stereocenters. The second kappa shape index (κ2) is 13.2. The number of benzene rings is 6. The molecule has 0 aromatic heterocycles. The van der Waals surface area contributed by atoms with Crippen LogP contribution in [0.15, 0.2) is 146 Å². The average molecular weight is 627 g/mol. The minimum atomic E-state index is 0.110. The van der Waals surface area contributed by atoms with Crippen LogP contribution in [0.5, 0.6) is 0 Å². The summed E-state index contributed by atoms with van der Waals surface area (Å²) < 4.78 is 0. The molecule has 0 aliphatic rings. The molecule has 0 N–H and O–H groups in total. The van der Waals surface area contributed by atoms with Gasteiger partial charge < -0.3 is 9.80 Å². The van der Waals surface area contributed by atoms with Gasteiger partial charge in [0.2, 0.25) is 0 Å². The van der Waals surface area contributed by atoms with Crippen molar-refractivity contribution in [1.82, 2.24) is 0 Å². The van der Waals surface area contributed by atoms with Crippen LogP contribution < -0.4 is 15.3 Å². The Morgan fingerprint density at radius 1 is 0.354 bits per heavy atom. The normalized spacial score (nSPS) is 11.7. The van der Waals surface area contributed by atoms with E-state index in [2.05, 4.69) is 212 Å². The zero-order valence-corrected chi connectivity index (χ0v) is 29.8. The van der Waals surface area contributed by atoms with Gasteiger partial charge in [0, 0.05) is 34.1 Å². The molecular weight excluding hydrogens is 579 g/mol. The maximum Gasteiger partial charge on any atom is 0.139 e. The summed E-state index contributed by atoms with van der Waals surface area (Å²) in [4.78, 5) is 4.67. The van der Waals surface area contributed by atoms with Gasteiger partial charge in [-0.1, -0.05) is 125 Å². The van der Waals surface area contributed by atoms with Gasteiger partial charge in [0.05, 0.1) is 0 Å². The van der Waals surface area contributed by atoms with Crippen LogP contribution in [0.2, 0.25) is 0 Å². The zero-order valence-electron chi connectivity index (χ0n) is 29.8. The summed E-state index contributed by atoms with van der Waals surface area (Å²) in [6, 6.07) is 53.4. The second-order valence-corrected chi connectivity index (χ2v) is 15.0. The summed E-state index contributed by atoms with van der Waals surface area (Å²) in [5.41, 5.74) is 14.6. The quantitative estimate of drug-likeness (QED) is 0.163. The van der Waals surface area contributed by atoms with Crippen molar-refractivity contribution in [2.45, 2.75) is 59.3 Å². The molecular formula is C45H47BN2. The van der Waals surface area contributed by atoms with Crippen molar-refractivity contribution >= 4 is 47.4 Å². The minimum absolute atomic E-state index is 0.110. The summed E-state index contributed by atoms with van der Waals surface area (Å²) in [5, 5.41) is 0. The van der Waals surface area contributed by atoms with E-state index in [0.717, 1.165) is 34.1 Å². The number of hydrogen-bond acceptors (Lipinski definition) is 2. The molecule has 6 aromatic rings. The summed E-state index contributed by atoms with van der Waals surface area (Å²) in [6.45, 7) is 15.7. The molecule has 6 aromatic carbocycles. The Balaban J connectivity index is 1.31. The Bertz CT molecular complexity index is 1790. The van der Waals surface area contributed by atoms with Gasteiger partial charge >= 0.3 is 0 Å². The van der Waals surface area contributed by atoms with Crippen molar-refractivity contribution in [3.05, 3.63) is 162 Å². The van der Waals surface area contributed by atoms with Crippen molar-refractivity contribution in [2.24, 2.45) is 0 Å². The summed E-state index contributed by atoms with van der Waals surface area (Å²) >= 11 is 0. The van der Waals surface area contributed by atoms with Crippen LogP contribution in [0.4, 0.5) is 34.1 Å². The van der Waals surface area contributed by atoms with Crippen molar-refractivity contribution < 1.29 is 0 Å². The first-order chi connectivity index (χ1) is 22.9. The van der Waals surface area contributed by atoms with Crippen LogP contribution in [0.1, 0.15) is 58.2 Å². The first-order valence-corrected chi connectivity index (χ1v) is 17.0. The predicted molar refractivity (Wildman–Crippen MR) is 212 cm³/mol. The molecule has 0 unspecified atom stereocenters. The SMILES string of the molecule is Bc1ccc(N(c2ccc(-c3ccc(N(c4ccc(C)cc4)c4ccc(C(C)(C)C)cc4)cc3)cc2)c2ccc(C(C)(C)C)cc2)cc1. The monoisotopic (exact) mass is 626 g/mol. The lowest BCUT2D eigenvalue weighted by atomic mass is 9.87. The van der Waals surface area contributed by atoms with E-state index < -0.39 is 0 Å². The molecule has 48 heavy (non-hydrogen) atoms. The highest BCUT2D eigenvalue weighted by Gasteiger charge is 2.18. The highest BCUT2D eigenvalue weighted by molar-refractivity contribution is 6.32. The summed E-state index contributed by atoms with van der Waals surface area (Å²) in [5.74, 6) is 0. The van der Waals surface area contributed by atoms with E-state index in [1.807, 2.05) is 0 Å². The van der Waals surface area contributed by atoms with E-state index in [1.54, 1.807) is 0 Å². The number of aryl methyl sites for hydroxylation is 1. The highest BCUT2D eigenvalue weighted by Crippen LogP contribution is 2.39. The largest absolute Gasteiger partial charge is 0.311 e. The lowest BCUT2D eigenvalue weighted by Gasteiger charge is -2.27. The van der Waals surface area contributed by atoms with Crippen LogP contribution in [0, 0.1) is 6.92 Å². The Hall–Kier alpha value is -5.02. The Labute approximate surface area is 289 Å². The summed E-state index contributed by atoms with van der Waals surface area (Å²) in [6.07, 6.45) is 0. The molecule has 2 nitrogen and oxygen atoms in total. The van der Waals surface area contributed by atoms with E-state index in [4.69, 9.17) is 0 Å². The molecule has 0 aliphatic carbocycles.